The molecule has 1 aromatic heterocycles. The van der Waals surface area contributed by atoms with Gasteiger partial charge in [-0.2, -0.15) is 0 Å². The van der Waals surface area contributed by atoms with Gasteiger partial charge in [-0.15, -0.1) is 0 Å². The predicted octanol–water partition coefficient (Wildman–Crippen LogP) is 5.47. The van der Waals surface area contributed by atoms with E-state index in [1.807, 2.05) is 0 Å². The molecule has 0 radical (unpaired) electrons. The minimum Gasteiger partial charge on any atom is -0.411 e. The fourth-order valence-corrected chi connectivity index (χ4v) is 7.32. The van der Waals surface area contributed by atoms with E-state index in [0.717, 1.165) is 19.3 Å². The van der Waals surface area contributed by atoms with Crippen LogP contribution in [0.25, 0.3) is 0 Å². The first-order valence-corrected chi connectivity index (χ1v) is 18.5. The zero-order valence-electron chi connectivity index (χ0n) is 23.1. The molecule has 3 rings (SSSR count). The Hall–Kier alpha value is -1.01. The zero-order valence-corrected chi connectivity index (χ0v) is 25.1. The zero-order chi connectivity index (χ0) is 25.9. The van der Waals surface area contributed by atoms with Gasteiger partial charge in [0.25, 0.3) is 5.56 Å². The van der Waals surface area contributed by atoms with E-state index in [0.29, 0.717) is 12.0 Å². The highest BCUT2D eigenvalue weighted by Crippen LogP contribution is 2.53. The van der Waals surface area contributed by atoms with E-state index in [1.165, 1.54) is 4.57 Å². The first kappa shape index (κ1) is 27.6. The Kier molecular flexibility index (Phi) is 7.16. The number of aromatic nitrogens is 2. The van der Waals surface area contributed by atoms with E-state index >= 15 is 0 Å². The summed E-state index contributed by atoms with van der Waals surface area (Å²) in [5.74, 6) is 0. The lowest BCUT2D eigenvalue weighted by molar-refractivity contribution is -0.143. The molecule has 1 aromatic rings. The molecule has 1 aliphatic carbocycles. The number of nitrogens with zero attached hydrogens (tertiary/aromatic N) is 1. The lowest BCUT2D eigenvalue weighted by Crippen LogP contribution is -2.57. The molecule has 2 fully saturated rings. The van der Waals surface area contributed by atoms with Crippen LogP contribution >= 0.6 is 0 Å². The molecule has 0 aromatic carbocycles. The maximum atomic E-state index is 12.7. The Morgan fingerprint density at radius 3 is 2.06 bits per heavy atom. The molecular weight excluding hydrogens is 464 g/mol. The van der Waals surface area contributed by atoms with Gasteiger partial charge in [-0.3, -0.25) is 14.3 Å². The molecule has 1 spiro atoms. The highest BCUT2D eigenvalue weighted by Gasteiger charge is 2.61. The highest BCUT2D eigenvalue weighted by atomic mass is 28.4. The third-order valence-electron chi connectivity index (χ3n) is 8.84. The molecule has 0 amide bonds. The second-order valence-corrected chi connectivity index (χ2v) is 22.9. The fourth-order valence-electron chi connectivity index (χ4n) is 4.57. The van der Waals surface area contributed by atoms with Gasteiger partial charge in [0.15, 0.2) is 16.6 Å². The van der Waals surface area contributed by atoms with E-state index in [-0.39, 0.29) is 27.8 Å². The number of H-pyrrole nitrogens is 1. The summed E-state index contributed by atoms with van der Waals surface area (Å²) in [5.41, 5.74) is -0.905. The van der Waals surface area contributed by atoms with Crippen LogP contribution in [-0.4, -0.2) is 44.0 Å². The largest absolute Gasteiger partial charge is 0.411 e. The van der Waals surface area contributed by atoms with Crippen molar-refractivity contribution in [2.24, 2.45) is 0 Å². The lowest BCUT2D eigenvalue weighted by Gasteiger charge is -2.46. The summed E-state index contributed by atoms with van der Waals surface area (Å²) in [5, 5.41) is 0.129. The van der Waals surface area contributed by atoms with Crippen LogP contribution in [0.15, 0.2) is 15.8 Å². The molecule has 2 aliphatic rings. The number of hydrogen-bond donors (Lipinski definition) is 1. The topological polar surface area (TPSA) is 82.6 Å². The molecule has 0 unspecified atom stereocenters. The van der Waals surface area contributed by atoms with Crippen molar-refractivity contribution >= 4 is 16.6 Å². The monoisotopic (exact) mass is 510 g/mol. The van der Waals surface area contributed by atoms with Gasteiger partial charge < -0.3 is 13.6 Å². The summed E-state index contributed by atoms with van der Waals surface area (Å²) in [6.45, 7) is 24.3. The molecule has 1 saturated carbocycles. The van der Waals surface area contributed by atoms with E-state index < -0.39 is 34.2 Å². The van der Waals surface area contributed by atoms with Crippen LogP contribution in [0.3, 0.4) is 0 Å². The molecule has 0 bridgehead atoms. The van der Waals surface area contributed by atoms with Gasteiger partial charge in [0.2, 0.25) is 0 Å². The van der Waals surface area contributed by atoms with Crippen LogP contribution in [0, 0.1) is 6.92 Å². The van der Waals surface area contributed by atoms with Crippen molar-refractivity contribution in [3.63, 3.8) is 0 Å². The summed E-state index contributed by atoms with van der Waals surface area (Å²) < 4.78 is 22.4. The van der Waals surface area contributed by atoms with Gasteiger partial charge in [-0.1, -0.05) is 41.5 Å². The smallest absolute Gasteiger partial charge is 0.330 e. The number of rotatable bonds is 5. The molecule has 1 saturated heterocycles. The van der Waals surface area contributed by atoms with Gasteiger partial charge in [0, 0.05) is 18.2 Å². The summed E-state index contributed by atoms with van der Waals surface area (Å²) in [7, 11) is -4.18. The van der Waals surface area contributed by atoms with E-state index in [1.54, 1.807) is 13.1 Å². The summed E-state index contributed by atoms with van der Waals surface area (Å²) >= 11 is 0. The van der Waals surface area contributed by atoms with Crippen LogP contribution in [0.5, 0.6) is 0 Å². The van der Waals surface area contributed by atoms with Gasteiger partial charge >= 0.3 is 5.69 Å². The Labute approximate surface area is 206 Å². The maximum Gasteiger partial charge on any atom is 0.330 e. The van der Waals surface area contributed by atoms with Crippen molar-refractivity contribution in [2.75, 3.05) is 0 Å². The van der Waals surface area contributed by atoms with Crippen LogP contribution in [0.1, 0.15) is 79.0 Å². The summed E-state index contributed by atoms with van der Waals surface area (Å²) in [6.07, 6.45) is 4.21. The van der Waals surface area contributed by atoms with Gasteiger partial charge in [-0.25, -0.2) is 4.79 Å². The highest BCUT2D eigenvalue weighted by molar-refractivity contribution is 6.74. The second kappa shape index (κ2) is 8.83. The minimum atomic E-state index is -2.12. The SMILES string of the molecule is Cc1cn([C@@H]2C[C@@H](O[Si](C)(C)C(C)(C)C)[C@]3(CCC[C@H]3O[Si](C)(C)C(C)(C)C)O2)c(=O)[nH]c1=O. The van der Waals surface area contributed by atoms with Crippen molar-refractivity contribution in [1.29, 1.82) is 0 Å². The minimum absolute atomic E-state index is 0.0477. The van der Waals surface area contributed by atoms with Gasteiger partial charge in [0.05, 0.1) is 12.2 Å². The number of ether oxygens (including phenoxy) is 1. The van der Waals surface area contributed by atoms with Crippen LogP contribution in [-0.2, 0) is 13.6 Å². The summed E-state index contributed by atoms with van der Waals surface area (Å²) in [4.78, 5) is 27.2. The number of aromatic amines is 1. The predicted molar refractivity (Wildman–Crippen MR) is 142 cm³/mol. The number of nitrogens with one attached hydrogen (secondary N) is 1. The van der Waals surface area contributed by atoms with Crippen LogP contribution in [0.4, 0.5) is 0 Å². The standard InChI is InChI=1S/C25H46N2O5Si2/c1-17-16-27(22(29)26-21(17)28)20-15-19(32-34(10,11)24(5,6)7)25(30-20)14-12-13-18(25)31-33(8,9)23(2,3)4/h16,18-20H,12-15H2,1-11H3,(H,26,28,29)/t18-,19-,20+,25-/m1/s1. The second-order valence-electron chi connectivity index (χ2n) is 13.4. The normalized spacial score (nSPS) is 28.7. The third-order valence-corrected chi connectivity index (χ3v) is 17.8. The van der Waals surface area contributed by atoms with Crippen LogP contribution < -0.4 is 11.2 Å². The average molecular weight is 511 g/mol. The van der Waals surface area contributed by atoms with Crippen molar-refractivity contribution in [3.05, 3.63) is 32.6 Å². The Morgan fingerprint density at radius 1 is 1.00 bits per heavy atom. The molecule has 9 heteroatoms. The average Bonchev–Trinajstić information content (AvgIpc) is 3.20. The van der Waals surface area contributed by atoms with Gasteiger partial charge in [-0.05, 0) is 62.5 Å². The van der Waals surface area contributed by atoms with Crippen molar-refractivity contribution in [3.8, 4) is 0 Å². The maximum absolute atomic E-state index is 12.7. The van der Waals surface area contributed by atoms with E-state index in [2.05, 4.69) is 72.7 Å². The Balaban J connectivity index is 2.05. The lowest BCUT2D eigenvalue weighted by atomic mass is 9.93. The number of aryl methyl sites for hydroxylation is 1. The fraction of sp³-hybridized carbons (Fsp3) is 0.840. The van der Waals surface area contributed by atoms with Gasteiger partial charge in [0.1, 0.15) is 11.8 Å². The molecule has 194 valence electrons. The molecule has 2 heterocycles. The molecule has 7 nitrogen and oxygen atoms in total. The first-order chi connectivity index (χ1) is 15.3. The first-order valence-electron chi connectivity index (χ1n) is 12.7. The molecule has 34 heavy (non-hydrogen) atoms. The Morgan fingerprint density at radius 2 is 1.53 bits per heavy atom. The van der Waals surface area contributed by atoms with E-state index in [4.69, 9.17) is 13.6 Å². The van der Waals surface area contributed by atoms with E-state index in [9.17, 15) is 9.59 Å². The molecule has 4 atom stereocenters. The quantitative estimate of drug-likeness (QED) is 0.531. The Bertz CT molecular complexity index is 1020. The van der Waals surface area contributed by atoms with Crippen molar-refractivity contribution in [1.82, 2.24) is 9.55 Å². The van der Waals surface area contributed by atoms with Crippen molar-refractivity contribution < 1.29 is 13.6 Å². The van der Waals surface area contributed by atoms with Crippen molar-refractivity contribution in [2.45, 2.75) is 134 Å². The molecular formula is C25H46N2O5Si2. The summed E-state index contributed by atoms with van der Waals surface area (Å²) in [6, 6.07) is 0. The number of hydrogen-bond acceptors (Lipinski definition) is 5. The molecule has 1 aliphatic heterocycles. The van der Waals surface area contributed by atoms with Crippen LogP contribution in [0.2, 0.25) is 36.3 Å². The molecule has 1 N–H and O–H groups in total. The third kappa shape index (κ3) is 4.96.